The van der Waals surface area contributed by atoms with Crippen molar-refractivity contribution in [3.05, 3.63) is 35.4 Å². The van der Waals surface area contributed by atoms with E-state index in [2.05, 4.69) is 0 Å². The maximum Gasteiger partial charge on any atom is 0.338 e. The minimum Gasteiger partial charge on any atom is -0.481 e. The molecule has 27 heavy (non-hydrogen) atoms. The Labute approximate surface area is 160 Å². The van der Waals surface area contributed by atoms with Gasteiger partial charge in [0.25, 0.3) is 0 Å². The van der Waals surface area contributed by atoms with Gasteiger partial charge >= 0.3 is 17.9 Å². The lowest BCUT2D eigenvalue weighted by Crippen LogP contribution is -2.29. The molecule has 6 nitrogen and oxygen atoms in total. The van der Waals surface area contributed by atoms with E-state index in [-0.39, 0.29) is 24.3 Å². The Hall–Kier alpha value is -2.37. The van der Waals surface area contributed by atoms with Gasteiger partial charge in [-0.1, -0.05) is 18.6 Å². The van der Waals surface area contributed by atoms with Crippen molar-refractivity contribution in [2.24, 2.45) is 5.92 Å². The number of carboxylic acids is 1. The van der Waals surface area contributed by atoms with Crippen LogP contribution in [0, 0.1) is 5.92 Å². The Morgan fingerprint density at radius 2 is 1.70 bits per heavy atom. The zero-order valence-corrected chi connectivity index (χ0v) is 16.6. The van der Waals surface area contributed by atoms with Crippen molar-refractivity contribution < 1.29 is 29.0 Å². The van der Waals surface area contributed by atoms with Gasteiger partial charge in [-0.25, -0.2) is 4.79 Å². The summed E-state index contributed by atoms with van der Waals surface area (Å²) in [6, 6.07) is 6.98. The number of hydrogen-bond acceptors (Lipinski definition) is 5. The maximum absolute atomic E-state index is 12.5. The first-order valence-corrected chi connectivity index (χ1v) is 9.33. The summed E-state index contributed by atoms with van der Waals surface area (Å²) in [5.41, 5.74) is 0.803. The summed E-state index contributed by atoms with van der Waals surface area (Å²) in [6.07, 6.45) is 2.29. The number of esters is 2. The van der Waals surface area contributed by atoms with Crippen molar-refractivity contribution in [1.82, 2.24) is 0 Å². The highest BCUT2D eigenvalue weighted by atomic mass is 16.6. The first-order valence-electron chi connectivity index (χ1n) is 9.33. The SMILES string of the molecule is CCOC(=O)c1ccc(CC(CCCCC(=O)O)C(=O)OC(C)(C)C)cc1. The van der Waals surface area contributed by atoms with Crippen molar-refractivity contribution in [1.29, 1.82) is 0 Å². The maximum atomic E-state index is 12.5. The molecule has 0 aliphatic heterocycles. The van der Waals surface area contributed by atoms with Crippen molar-refractivity contribution in [2.45, 2.75) is 65.4 Å². The van der Waals surface area contributed by atoms with Crippen LogP contribution in [0.2, 0.25) is 0 Å². The number of aliphatic carboxylic acids is 1. The molecule has 0 aliphatic rings. The number of hydrogen-bond donors (Lipinski definition) is 1. The average molecular weight is 378 g/mol. The molecule has 1 atom stereocenters. The summed E-state index contributed by atoms with van der Waals surface area (Å²) in [6.45, 7) is 7.53. The van der Waals surface area contributed by atoms with Gasteiger partial charge in [0.05, 0.1) is 18.1 Å². The van der Waals surface area contributed by atoms with Crippen LogP contribution >= 0.6 is 0 Å². The van der Waals surface area contributed by atoms with Gasteiger partial charge in [0.1, 0.15) is 5.60 Å². The van der Waals surface area contributed by atoms with Gasteiger partial charge in [0, 0.05) is 6.42 Å². The molecule has 0 amide bonds. The monoisotopic (exact) mass is 378 g/mol. The average Bonchev–Trinajstić information content (AvgIpc) is 2.56. The molecule has 0 aliphatic carbocycles. The Bertz CT molecular complexity index is 627. The fraction of sp³-hybridized carbons (Fsp3) is 0.571. The topological polar surface area (TPSA) is 89.9 Å². The summed E-state index contributed by atoms with van der Waals surface area (Å²) in [5, 5.41) is 8.76. The Kier molecular flexibility index (Phi) is 8.98. The fourth-order valence-electron chi connectivity index (χ4n) is 2.63. The molecule has 1 aromatic carbocycles. The van der Waals surface area contributed by atoms with E-state index in [1.807, 2.05) is 20.8 Å². The molecule has 0 spiro atoms. The van der Waals surface area contributed by atoms with E-state index < -0.39 is 11.6 Å². The van der Waals surface area contributed by atoms with Gasteiger partial charge in [-0.15, -0.1) is 0 Å². The molecule has 0 saturated carbocycles. The third-order valence-electron chi connectivity index (χ3n) is 3.88. The van der Waals surface area contributed by atoms with Crippen LogP contribution in [-0.2, 0) is 25.5 Å². The minimum absolute atomic E-state index is 0.0925. The highest BCUT2D eigenvalue weighted by molar-refractivity contribution is 5.89. The Morgan fingerprint density at radius 3 is 2.22 bits per heavy atom. The van der Waals surface area contributed by atoms with Crippen LogP contribution in [-0.4, -0.2) is 35.2 Å². The Balaban J connectivity index is 2.78. The van der Waals surface area contributed by atoms with Crippen molar-refractivity contribution in [2.75, 3.05) is 6.61 Å². The molecule has 1 aromatic rings. The van der Waals surface area contributed by atoms with Gasteiger partial charge < -0.3 is 14.6 Å². The standard InChI is InChI=1S/C21H30O6/c1-5-26-19(24)16-12-10-15(11-13-16)14-17(8-6-7-9-18(22)23)20(25)27-21(2,3)4/h10-13,17H,5-9,14H2,1-4H3,(H,22,23). The lowest BCUT2D eigenvalue weighted by atomic mass is 9.93. The van der Waals surface area contributed by atoms with E-state index in [1.54, 1.807) is 31.2 Å². The lowest BCUT2D eigenvalue weighted by molar-refractivity contribution is -0.160. The van der Waals surface area contributed by atoms with Crippen LogP contribution in [0.5, 0.6) is 0 Å². The molecular weight excluding hydrogens is 348 g/mol. The van der Waals surface area contributed by atoms with Gasteiger partial charge in [0.2, 0.25) is 0 Å². The molecule has 0 bridgehead atoms. The van der Waals surface area contributed by atoms with Crippen LogP contribution in [0.4, 0.5) is 0 Å². The summed E-state index contributed by atoms with van der Waals surface area (Å²) in [7, 11) is 0. The van der Waals surface area contributed by atoms with E-state index >= 15 is 0 Å². The van der Waals surface area contributed by atoms with E-state index in [0.717, 1.165) is 5.56 Å². The van der Waals surface area contributed by atoms with E-state index in [9.17, 15) is 14.4 Å². The van der Waals surface area contributed by atoms with Crippen molar-refractivity contribution in [3.8, 4) is 0 Å². The molecule has 0 saturated heterocycles. The molecule has 0 fully saturated rings. The van der Waals surface area contributed by atoms with Crippen LogP contribution in [0.1, 0.15) is 69.3 Å². The Morgan fingerprint density at radius 1 is 1.07 bits per heavy atom. The first kappa shape index (κ1) is 22.7. The lowest BCUT2D eigenvalue weighted by Gasteiger charge is -2.24. The second-order valence-electron chi connectivity index (χ2n) is 7.49. The van der Waals surface area contributed by atoms with Gasteiger partial charge in [-0.3, -0.25) is 9.59 Å². The van der Waals surface area contributed by atoms with Crippen LogP contribution in [0.3, 0.4) is 0 Å². The summed E-state index contributed by atoms with van der Waals surface area (Å²) < 4.78 is 10.5. The zero-order chi connectivity index (χ0) is 20.4. The molecule has 0 heterocycles. The van der Waals surface area contributed by atoms with E-state index in [1.165, 1.54) is 0 Å². The third kappa shape index (κ3) is 9.22. The normalized spacial score (nSPS) is 12.3. The molecule has 150 valence electrons. The minimum atomic E-state index is -0.835. The second kappa shape index (κ2) is 10.7. The number of ether oxygens (including phenoxy) is 2. The quantitative estimate of drug-likeness (QED) is 0.489. The number of benzene rings is 1. The number of rotatable bonds is 10. The summed E-state index contributed by atoms with van der Waals surface area (Å²) in [5.74, 6) is -1.85. The number of carbonyl (C=O) groups is 3. The third-order valence-corrected chi connectivity index (χ3v) is 3.88. The fourth-order valence-corrected chi connectivity index (χ4v) is 2.63. The molecule has 0 aromatic heterocycles. The number of unbranched alkanes of at least 4 members (excludes halogenated alkanes) is 1. The van der Waals surface area contributed by atoms with Crippen molar-refractivity contribution in [3.63, 3.8) is 0 Å². The van der Waals surface area contributed by atoms with Crippen LogP contribution in [0.25, 0.3) is 0 Å². The molecular formula is C21H30O6. The first-order chi connectivity index (χ1) is 12.6. The highest BCUT2D eigenvalue weighted by Crippen LogP contribution is 2.21. The largest absolute Gasteiger partial charge is 0.481 e. The van der Waals surface area contributed by atoms with Crippen LogP contribution in [0.15, 0.2) is 24.3 Å². The zero-order valence-electron chi connectivity index (χ0n) is 16.6. The van der Waals surface area contributed by atoms with Crippen LogP contribution < -0.4 is 0 Å². The van der Waals surface area contributed by atoms with Gasteiger partial charge in [0.15, 0.2) is 0 Å². The number of carbonyl (C=O) groups excluding carboxylic acids is 2. The predicted octanol–water partition coefficient (Wildman–Crippen LogP) is 4.01. The summed E-state index contributed by atoms with van der Waals surface area (Å²) >= 11 is 0. The smallest absolute Gasteiger partial charge is 0.338 e. The van der Waals surface area contributed by atoms with E-state index in [0.29, 0.717) is 37.9 Å². The molecule has 0 radical (unpaired) electrons. The second-order valence-corrected chi connectivity index (χ2v) is 7.49. The highest BCUT2D eigenvalue weighted by Gasteiger charge is 2.25. The number of carboxylic acid groups (broad SMARTS) is 1. The predicted molar refractivity (Wildman–Crippen MR) is 102 cm³/mol. The molecule has 6 heteroatoms. The summed E-state index contributed by atoms with van der Waals surface area (Å²) in [4.78, 5) is 34.9. The van der Waals surface area contributed by atoms with E-state index in [4.69, 9.17) is 14.6 Å². The molecule has 1 unspecified atom stereocenters. The van der Waals surface area contributed by atoms with Gasteiger partial charge in [-0.2, -0.15) is 0 Å². The molecule has 1 N–H and O–H groups in total. The molecule has 1 rings (SSSR count). The van der Waals surface area contributed by atoms with Gasteiger partial charge in [-0.05, 0) is 64.7 Å². The van der Waals surface area contributed by atoms with Crippen molar-refractivity contribution >= 4 is 17.9 Å².